The van der Waals surface area contributed by atoms with Gasteiger partial charge in [0.2, 0.25) is 0 Å². The fourth-order valence-corrected chi connectivity index (χ4v) is 1.85. The lowest BCUT2D eigenvalue weighted by Gasteiger charge is -2.17. The highest BCUT2D eigenvalue weighted by Gasteiger charge is 2.11. The number of hydrogen-bond acceptors (Lipinski definition) is 2. The summed E-state index contributed by atoms with van der Waals surface area (Å²) in [5.74, 6) is 0.713. The summed E-state index contributed by atoms with van der Waals surface area (Å²) in [6.45, 7) is 6.29. The standard InChI is InChI=1S/C14H20O2/c1-11(10-16-13(3)15)9-12(2)14-7-5-4-6-8-14/h4-8,11-12H,9-10H2,1-3H3/t11-,12-/m1/s1. The Labute approximate surface area is 97.6 Å². The monoisotopic (exact) mass is 220 g/mol. The third-order valence-corrected chi connectivity index (χ3v) is 2.70. The summed E-state index contributed by atoms with van der Waals surface area (Å²) >= 11 is 0. The van der Waals surface area contributed by atoms with Crippen LogP contribution < -0.4 is 0 Å². The molecule has 2 heteroatoms. The zero-order chi connectivity index (χ0) is 12.0. The van der Waals surface area contributed by atoms with Crippen molar-refractivity contribution in [1.29, 1.82) is 0 Å². The van der Waals surface area contributed by atoms with E-state index < -0.39 is 0 Å². The summed E-state index contributed by atoms with van der Waals surface area (Å²) in [6, 6.07) is 10.4. The van der Waals surface area contributed by atoms with E-state index in [0.29, 0.717) is 18.4 Å². The van der Waals surface area contributed by atoms with Crippen molar-refractivity contribution < 1.29 is 9.53 Å². The van der Waals surface area contributed by atoms with E-state index in [1.165, 1.54) is 12.5 Å². The van der Waals surface area contributed by atoms with Gasteiger partial charge in [-0.3, -0.25) is 4.79 Å². The van der Waals surface area contributed by atoms with Gasteiger partial charge in [-0.1, -0.05) is 44.2 Å². The zero-order valence-corrected chi connectivity index (χ0v) is 10.3. The van der Waals surface area contributed by atoms with Crippen LogP contribution in [0.5, 0.6) is 0 Å². The number of carbonyl (C=O) groups is 1. The SMILES string of the molecule is CC(=O)OC[C@H](C)C[C@@H](C)c1ccccc1. The van der Waals surface area contributed by atoms with Crippen LogP contribution in [0.3, 0.4) is 0 Å². The van der Waals surface area contributed by atoms with Crippen LogP contribution in [0.15, 0.2) is 30.3 Å². The Morgan fingerprint density at radius 2 is 1.88 bits per heavy atom. The molecule has 1 aromatic carbocycles. The minimum Gasteiger partial charge on any atom is -0.466 e. The van der Waals surface area contributed by atoms with E-state index in [2.05, 4.69) is 38.1 Å². The Morgan fingerprint density at radius 1 is 1.25 bits per heavy atom. The number of rotatable bonds is 5. The first-order chi connectivity index (χ1) is 7.59. The van der Waals surface area contributed by atoms with Crippen molar-refractivity contribution in [2.75, 3.05) is 6.61 Å². The molecular formula is C14H20O2. The molecule has 16 heavy (non-hydrogen) atoms. The Bertz CT molecular complexity index is 319. The van der Waals surface area contributed by atoms with Gasteiger partial charge in [0.1, 0.15) is 0 Å². The lowest BCUT2D eigenvalue weighted by atomic mass is 9.91. The molecule has 0 aliphatic carbocycles. The molecule has 0 fully saturated rings. The smallest absolute Gasteiger partial charge is 0.302 e. The number of esters is 1. The fraction of sp³-hybridized carbons (Fsp3) is 0.500. The molecule has 0 bridgehead atoms. The zero-order valence-electron chi connectivity index (χ0n) is 10.3. The first kappa shape index (κ1) is 12.8. The Hall–Kier alpha value is -1.31. The number of carbonyl (C=O) groups excluding carboxylic acids is 1. The molecule has 0 aliphatic rings. The minimum atomic E-state index is -0.195. The number of ether oxygens (including phenoxy) is 1. The molecular weight excluding hydrogens is 200 g/mol. The van der Waals surface area contributed by atoms with Crippen molar-refractivity contribution in [3.05, 3.63) is 35.9 Å². The van der Waals surface area contributed by atoms with Crippen molar-refractivity contribution in [1.82, 2.24) is 0 Å². The molecule has 2 atom stereocenters. The first-order valence-corrected chi connectivity index (χ1v) is 5.78. The quantitative estimate of drug-likeness (QED) is 0.711. The summed E-state index contributed by atoms with van der Waals surface area (Å²) in [4.78, 5) is 10.7. The highest BCUT2D eigenvalue weighted by molar-refractivity contribution is 5.65. The number of hydrogen-bond donors (Lipinski definition) is 0. The molecule has 0 aromatic heterocycles. The van der Waals surface area contributed by atoms with Gasteiger partial charge in [-0.15, -0.1) is 0 Å². The van der Waals surface area contributed by atoms with E-state index in [1.807, 2.05) is 6.07 Å². The van der Waals surface area contributed by atoms with Crippen LogP contribution in [-0.2, 0) is 9.53 Å². The fourth-order valence-electron chi connectivity index (χ4n) is 1.85. The topological polar surface area (TPSA) is 26.3 Å². The summed E-state index contributed by atoms with van der Waals surface area (Å²) in [5.41, 5.74) is 1.34. The van der Waals surface area contributed by atoms with Crippen molar-refractivity contribution in [3.8, 4) is 0 Å². The molecule has 0 saturated heterocycles. The van der Waals surface area contributed by atoms with Gasteiger partial charge in [-0.2, -0.15) is 0 Å². The normalized spacial score (nSPS) is 14.2. The molecule has 2 nitrogen and oxygen atoms in total. The second-order valence-corrected chi connectivity index (χ2v) is 4.46. The van der Waals surface area contributed by atoms with Crippen molar-refractivity contribution in [2.45, 2.75) is 33.1 Å². The molecule has 88 valence electrons. The third kappa shape index (κ3) is 4.47. The molecule has 0 aliphatic heterocycles. The van der Waals surface area contributed by atoms with Gasteiger partial charge in [0.05, 0.1) is 6.61 Å². The molecule has 0 saturated carbocycles. The van der Waals surface area contributed by atoms with Gasteiger partial charge >= 0.3 is 5.97 Å². The highest BCUT2D eigenvalue weighted by Crippen LogP contribution is 2.22. The molecule has 0 N–H and O–H groups in total. The maximum atomic E-state index is 10.7. The van der Waals surface area contributed by atoms with E-state index in [9.17, 15) is 4.79 Å². The van der Waals surface area contributed by atoms with Crippen LogP contribution in [0.2, 0.25) is 0 Å². The third-order valence-electron chi connectivity index (χ3n) is 2.70. The molecule has 1 aromatic rings. The molecule has 0 amide bonds. The van der Waals surface area contributed by atoms with Gasteiger partial charge in [0.15, 0.2) is 0 Å². The Balaban J connectivity index is 2.39. The Kier molecular flexibility index (Phi) is 5.03. The Morgan fingerprint density at radius 3 is 2.44 bits per heavy atom. The van der Waals surface area contributed by atoms with Gasteiger partial charge in [0, 0.05) is 6.92 Å². The highest BCUT2D eigenvalue weighted by atomic mass is 16.5. The second kappa shape index (κ2) is 6.31. The van der Waals surface area contributed by atoms with E-state index in [1.54, 1.807) is 0 Å². The predicted molar refractivity (Wildman–Crippen MR) is 65.3 cm³/mol. The van der Waals surface area contributed by atoms with Crippen LogP contribution in [-0.4, -0.2) is 12.6 Å². The lowest BCUT2D eigenvalue weighted by molar-refractivity contribution is -0.142. The molecule has 0 radical (unpaired) electrons. The summed E-state index contributed by atoms with van der Waals surface area (Å²) in [6.07, 6.45) is 1.04. The van der Waals surface area contributed by atoms with Crippen LogP contribution in [0, 0.1) is 5.92 Å². The maximum Gasteiger partial charge on any atom is 0.302 e. The molecule has 0 spiro atoms. The van der Waals surface area contributed by atoms with E-state index in [-0.39, 0.29) is 5.97 Å². The summed E-state index contributed by atoms with van der Waals surface area (Å²) in [5, 5.41) is 0. The van der Waals surface area contributed by atoms with Crippen LogP contribution >= 0.6 is 0 Å². The second-order valence-electron chi connectivity index (χ2n) is 4.46. The van der Waals surface area contributed by atoms with Crippen molar-refractivity contribution in [3.63, 3.8) is 0 Å². The lowest BCUT2D eigenvalue weighted by Crippen LogP contribution is -2.11. The predicted octanol–water partition coefficient (Wildman–Crippen LogP) is 3.38. The molecule has 0 unspecified atom stereocenters. The van der Waals surface area contributed by atoms with Gasteiger partial charge in [0.25, 0.3) is 0 Å². The van der Waals surface area contributed by atoms with Crippen molar-refractivity contribution in [2.24, 2.45) is 5.92 Å². The van der Waals surface area contributed by atoms with Crippen LogP contribution in [0.25, 0.3) is 0 Å². The van der Waals surface area contributed by atoms with Gasteiger partial charge in [-0.05, 0) is 23.8 Å². The van der Waals surface area contributed by atoms with Crippen molar-refractivity contribution >= 4 is 5.97 Å². The van der Waals surface area contributed by atoms with Crippen LogP contribution in [0.1, 0.15) is 38.7 Å². The summed E-state index contributed by atoms with van der Waals surface area (Å²) in [7, 11) is 0. The first-order valence-electron chi connectivity index (χ1n) is 5.78. The minimum absolute atomic E-state index is 0.195. The van der Waals surface area contributed by atoms with Crippen LogP contribution in [0.4, 0.5) is 0 Å². The molecule has 0 heterocycles. The van der Waals surface area contributed by atoms with E-state index in [4.69, 9.17) is 4.74 Å². The van der Waals surface area contributed by atoms with Gasteiger partial charge < -0.3 is 4.74 Å². The molecule has 1 rings (SSSR count). The largest absolute Gasteiger partial charge is 0.466 e. The number of benzene rings is 1. The summed E-state index contributed by atoms with van der Waals surface area (Å²) < 4.78 is 5.00. The van der Waals surface area contributed by atoms with E-state index >= 15 is 0 Å². The average molecular weight is 220 g/mol. The van der Waals surface area contributed by atoms with Gasteiger partial charge in [-0.25, -0.2) is 0 Å². The van der Waals surface area contributed by atoms with E-state index in [0.717, 1.165) is 6.42 Å². The average Bonchev–Trinajstić information content (AvgIpc) is 2.27. The maximum absolute atomic E-state index is 10.7.